The van der Waals surface area contributed by atoms with Crippen molar-refractivity contribution in [3.63, 3.8) is 0 Å². The van der Waals surface area contributed by atoms with Crippen LogP contribution < -0.4 is 0 Å². The van der Waals surface area contributed by atoms with Gasteiger partial charge in [-0.05, 0) is 44.9 Å². The summed E-state index contributed by atoms with van der Waals surface area (Å²) in [6.07, 6.45) is 75.5. The molecule has 0 amide bonds. The Morgan fingerprint density at radius 1 is 0.257 bits per heavy atom. The summed E-state index contributed by atoms with van der Waals surface area (Å²) in [4.78, 5) is 38.1. The van der Waals surface area contributed by atoms with Crippen molar-refractivity contribution in [2.75, 3.05) is 13.2 Å². The number of allylic oxidation sites excluding steroid dienone is 2. The minimum absolute atomic E-state index is 0.0628. The third-order valence-electron chi connectivity index (χ3n) is 15.5. The van der Waals surface area contributed by atoms with Gasteiger partial charge in [-0.15, -0.1) is 0 Å². The second-order valence-corrected chi connectivity index (χ2v) is 23.1. The highest BCUT2D eigenvalue weighted by molar-refractivity contribution is 5.71. The Labute approximate surface area is 462 Å². The highest BCUT2D eigenvalue weighted by Crippen LogP contribution is 2.19. The normalized spacial score (nSPS) is 12.0. The number of esters is 3. The molecule has 74 heavy (non-hydrogen) atoms. The average molecular weight is 1040 g/mol. The zero-order valence-electron chi connectivity index (χ0n) is 50.4. The molecular weight excluding hydrogens is 913 g/mol. The van der Waals surface area contributed by atoms with E-state index in [2.05, 4.69) is 32.9 Å². The van der Waals surface area contributed by atoms with Crippen LogP contribution in [0, 0.1) is 0 Å². The second-order valence-electron chi connectivity index (χ2n) is 23.1. The first-order valence-electron chi connectivity index (χ1n) is 33.7. The molecule has 0 heterocycles. The maximum absolute atomic E-state index is 12.9. The molecule has 0 aliphatic rings. The molecular formula is C68H130O6. The minimum Gasteiger partial charge on any atom is -0.462 e. The number of rotatable bonds is 63. The van der Waals surface area contributed by atoms with E-state index < -0.39 is 6.10 Å². The Morgan fingerprint density at radius 3 is 0.676 bits per heavy atom. The quantitative estimate of drug-likeness (QED) is 0.0261. The predicted octanol–water partition coefficient (Wildman–Crippen LogP) is 22.8. The fourth-order valence-electron chi connectivity index (χ4n) is 10.4. The number of carbonyl (C=O) groups excluding carboxylic acids is 3. The second kappa shape index (κ2) is 63.7. The van der Waals surface area contributed by atoms with Crippen LogP contribution in [0.4, 0.5) is 0 Å². The van der Waals surface area contributed by atoms with E-state index in [-0.39, 0.29) is 31.1 Å². The van der Waals surface area contributed by atoms with Crippen LogP contribution in [-0.2, 0) is 28.6 Å². The molecule has 0 aliphatic heterocycles. The van der Waals surface area contributed by atoms with Gasteiger partial charge in [0.2, 0.25) is 0 Å². The number of carbonyl (C=O) groups is 3. The molecule has 1 atom stereocenters. The van der Waals surface area contributed by atoms with E-state index in [1.165, 1.54) is 289 Å². The molecule has 0 bridgehead atoms. The fraction of sp³-hybridized carbons (Fsp3) is 0.926. The lowest BCUT2D eigenvalue weighted by molar-refractivity contribution is -0.167. The average Bonchev–Trinajstić information content (AvgIpc) is 3.40. The Hall–Kier alpha value is -1.85. The van der Waals surface area contributed by atoms with Gasteiger partial charge in [0.25, 0.3) is 0 Å². The van der Waals surface area contributed by atoms with Gasteiger partial charge in [0.05, 0.1) is 0 Å². The standard InChI is InChI=1S/C68H130O6/c1-4-7-10-13-16-19-21-23-25-27-28-29-30-31-32-33-34-35-36-37-38-39-40-42-43-45-47-49-52-55-58-61-67(70)73-64-65(63-72-66(69)60-57-54-51-18-15-12-9-6-3)74-68(71)62-59-56-53-50-48-46-44-41-26-24-22-20-17-14-11-8-5-2/h27-28,65H,4-26,29-64H2,1-3H3/b28-27-. The summed E-state index contributed by atoms with van der Waals surface area (Å²) in [6, 6.07) is 0. The SMILES string of the molecule is CCCCCCCCCC/C=C\CCCCCCCCCCCCCCCCCCCCCC(=O)OCC(COC(=O)CCCCCCCCCC)OC(=O)CCCCCCCCCCCCCCCCCCC. The smallest absolute Gasteiger partial charge is 0.306 e. The van der Waals surface area contributed by atoms with Crippen LogP contribution in [0.15, 0.2) is 12.2 Å². The van der Waals surface area contributed by atoms with Crippen LogP contribution in [0.5, 0.6) is 0 Å². The monoisotopic (exact) mass is 1040 g/mol. The van der Waals surface area contributed by atoms with Crippen molar-refractivity contribution in [1.82, 2.24) is 0 Å². The van der Waals surface area contributed by atoms with Crippen LogP contribution in [0.25, 0.3) is 0 Å². The van der Waals surface area contributed by atoms with Crippen LogP contribution >= 0.6 is 0 Å². The maximum Gasteiger partial charge on any atom is 0.306 e. The molecule has 0 saturated heterocycles. The van der Waals surface area contributed by atoms with Crippen molar-refractivity contribution in [3.05, 3.63) is 12.2 Å². The van der Waals surface area contributed by atoms with Crippen LogP contribution in [0.1, 0.15) is 387 Å². The number of unbranched alkanes of at least 4 members (excludes halogenated alkanes) is 50. The van der Waals surface area contributed by atoms with Crippen molar-refractivity contribution < 1.29 is 28.6 Å². The third-order valence-corrected chi connectivity index (χ3v) is 15.5. The van der Waals surface area contributed by atoms with Gasteiger partial charge < -0.3 is 14.2 Å². The van der Waals surface area contributed by atoms with Gasteiger partial charge in [0.15, 0.2) is 6.10 Å². The van der Waals surface area contributed by atoms with E-state index in [1.807, 2.05) is 0 Å². The van der Waals surface area contributed by atoms with Gasteiger partial charge in [-0.25, -0.2) is 0 Å². The fourth-order valence-corrected chi connectivity index (χ4v) is 10.4. The lowest BCUT2D eigenvalue weighted by atomic mass is 10.0. The molecule has 6 nitrogen and oxygen atoms in total. The van der Waals surface area contributed by atoms with E-state index in [4.69, 9.17) is 14.2 Å². The first kappa shape index (κ1) is 72.2. The molecule has 438 valence electrons. The van der Waals surface area contributed by atoms with Crippen LogP contribution in [0.2, 0.25) is 0 Å². The summed E-state index contributed by atoms with van der Waals surface area (Å²) in [5, 5.41) is 0. The van der Waals surface area contributed by atoms with Gasteiger partial charge in [-0.1, -0.05) is 335 Å². The molecule has 0 fully saturated rings. The summed E-state index contributed by atoms with van der Waals surface area (Å²) in [6.45, 7) is 6.68. The van der Waals surface area contributed by atoms with Crippen LogP contribution in [0.3, 0.4) is 0 Å². The van der Waals surface area contributed by atoms with Gasteiger partial charge in [-0.2, -0.15) is 0 Å². The zero-order chi connectivity index (χ0) is 53.6. The molecule has 1 unspecified atom stereocenters. The zero-order valence-corrected chi connectivity index (χ0v) is 50.4. The molecule has 0 saturated carbocycles. The Bertz CT molecular complexity index is 1150. The topological polar surface area (TPSA) is 78.9 Å². The Morgan fingerprint density at radius 2 is 0.446 bits per heavy atom. The van der Waals surface area contributed by atoms with Crippen molar-refractivity contribution in [2.45, 2.75) is 393 Å². The molecule has 0 rings (SSSR count). The number of hydrogen-bond donors (Lipinski definition) is 0. The molecule has 0 radical (unpaired) electrons. The van der Waals surface area contributed by atoms with Gasteiger partial charge in [-0.3, -0.25) is 14.4 Å². The summed E-state index contributed by atoms with van der Waals surface area (Å²) in [5.41, 5.74) is 0. The highest BCUT2D eigenvalue weighted by Gasteiger charge is 2.19. The van der Waals surface area contributed by atoms with Gasteiger partial charge in [0.1, 0.15) is 13.2 Å². The molecule has 0 N–H and O–H groups in total. The molecule has 0 aromatic carbocycles. The van der Waals surface area contributed by atoms with Crippen molar-refractivity contribution in [3.8, 4) is 0 Å². The predicted molar refractivity (Wildman–Crippen MR) is 321 cm³/mol. The summed E-state index contributed by atoms with van der Waals surface area (Å²) in [7, 11) is 0. The largest absolute Gasteiger partial charge is 0.462 e. The molecule has 6 heteroatoms. The van der Waals surface area contributed by atoms with E-state index in [0.29, 0.717) is 19.3 Å². The molecule has 0 aromatic heterocycles. The third kappa shape index (κ3) is 61.0. The van der Waals surface area contributed by atoms with Crippen molar-refractivity contribution in [1.29, 1.82) is 0 Å². The summed E-state index contributed by atoms with van der Waals surface area (Å²) >= 11 is 0. The Balaban J connectivity index is 3.99. The molecule has 0 aromatic rings. The molecule has 0 spiro atoms. The number of hydrogen-bond acceptors (Lipinski definition) is 6. The van der Waals surface area contributed by atoms with E-state index >= 15 is 0 Å². The summed E-state index contributed by atoms with van der Waals surface area (Å²) < 4.78 is 16.9. The minimum atomic E-state index is -0.762. The van der Waals surface area contributed by atoms with Gasteiger partial charge >= 0.3 is 17.9 Å². The van der Waals surface area contributed by atoms with Crippen LogP contribution in [-0.4, -0.2) is 37.2 Å². The lowest BCUT2D eigenvalue weighted by Gasteiger charge is -2.18. The molecule has 0 aliphatic carbocycles. The van der Waals surface area contributed by atoms with E-state index in [0.717, 1.165) is 57.8 Å². The Kier molecular flexibility index (Phi) is 62.1. The first-order valence-corrected chi connectivity index (χ1v) is 33.7. The van der Waals surface area contributed by atoms with Crippen molar-refractivity contribution >= 4 is 17.9 Å². The van der Waals surface area contributed by atoms with E-state index in [1.54, 1.807) is 0 Å². The van der Waals surface area contributed by atoms with E-state index in [9.17, 15) is 14.4 Å². The van der Waals surface area contributed by atoms with Crippen molar-refractivity contribution in [2.24, 2.45) is 0 Å². The lowest BCUT2D eigenvalue weighted by Crippen LogP contribution is -2.30. The maximum atomic E-state index is 12.9. The van der Waals surface area contributed by atoms with Gasteiger partial charge in [0, 0.05) is 19.3 Å². The highest BCUT2D eigenvalue weighted by atomic mass is 16.6. The first-order chi connectivity index (χ1) is 36.5. The number of ether oxygens (including phenoxy) is 3. The summed E-state index contributed by atoms with van der Waals surface area (Å²) in [5.74, 6) is -0.838.